The maximum atomic E-state index is 12.0. The highest BCUT2D eigenvalue weighted by molar-refractivity contribution is 8.00. The zero-order valence-electron chi connectivity index (χ0n) is 10.1. The van der Waals surface area contributed by atoms with Crippen molar-refractivity contribution in [1.82, 2.24) is 10.2 Å². The number of carbonyl (C=O) groups is 2. The molecule has 18 heavy (non-hydrogen) atoms. The quantitative estimate of drug-likeness (QED) is 0.784. The van der Waals surface area contributed by atoms with Crippen LogP contribution >= 0.6 is 23.5 Å². The monoisotopic (exact) mass is 290 g/mol. The van der Waals surface area contributed by atoms with E-state index in [-0.39, 0.29) is 5.91 Å². The molecule has 2 saturated heterocycles. The minimum atomic E-state index is -0.889. The summed E-state index contributed by atoms with van der Waals surface area (Å²) in [5.41, 5.74) is 0. The van der Waals surface area contributed by atoms with Gasteiger partial charge < -0.3 is 15.3 Å². The van der Waals surface area contributed by atoms with Gasteiger partial charge in [-0.2, -0.15) is 0 Å². The van der Waals surface area contributed by atoms with Gasteiger partial charge >= 0.3 is 5.97 Å². The van der Waals surface area contributed by atoms with Crippen LogP contribution in [-0.4, -0.2) is 63.6 Å². The largest absolute Gasteiger partial charge is 0.480 e. The number of aliphatic carboxylic acids is 1. The number of piperidine rings is 1. The van der Waals surface area contributed by atoms with Gasteiger partial charge in [0.25, 0.3) is 0 Å². The van der Waals surface area contributed by atoms with Gasteiger partial charge in [0.1, 0.15) is 6.04 Å². The molecule has 1 unspecified atom stereocenters. The molecule has 2 rings (SSSR count). The van der Waals surface area contributed by atoms with Crippen LogP contribution < -0.4 is 5.32 Å². The summed E-state index contributed by atoms with van der Waals surface area (Å²) in [5.74, 6) is 0.521. The van der Waals surface area contributed by atoms with E-state index in [1.165, 1.54) is 16.7 Å². The van der Waals surface area contributed by atoms with E-state index in [1.807, 2.05) is 0 Å². The normalized spacial score (nSPS) is 25.3. The van der Waals surface area contributed by atoms with Gasteiger partial charge in [-0.1, -0.05) is 0 Å². The van der Waals surface area contributed by atoms with Crippen molar-refractivity contribution in [2.45, 2.75) is 24.1 Å². The number of nitrogens with one attached hydrogen (secondary N) is 1. The van der Waals surface area contributed by atoms with Crippen molar-refractivity contribution in [3.8, 4) is 0 Å². The molecule has 2 aliphatic rings. The third-order valence-electron chi connectivity index (χ3n) is 3.22. The molecular weight excluding hydrogens is 272 g/mol. The smallest absolute Gasteiger partial charge is 0.327 e. The third kappa shape index (κ3) is 3.55. The highest BCUT2D eigenvalue weighted by Crippen LogP contribution is 2.25. The number of hydrogen-bond acceptors (Lipinski definition) is 5. The van der Waals surface area contributed by atoms with E-state index in [4.69, 9.17) is 5.11 Å². The van der Waals surface area contributed by atoms with E-state index >= 15 is 0 Å². The zero-order valence-corrected chi connectivity index (χ0v) is 11.8. The topological polar surface area (TPSA) is 69.6 Å². The first-order valence-electron chi connectivity index (χ1n) is 6.11. The first-order valence-corrected chi connectivity index (χ1v) is 8.31. The second kappa shape index (κ2) is 6.68. The van der Waals surface area contributed by atoms with Gasteiger partial charge in [-0.3, -0.25) is 4.79 Å². The lowest BCUT2D eigenvalue weighted by atomic mass is 10.2. The van der Waals surface area contributed by atoms with Gasteiger partial charge in [0.15, 0.2) is 0 Å². The number of carboxylic acids is 1. The van der Waals surface area contributed by atoms with Gasteiger partial charge in [-0.05, 0) is 25.9 Å². The Hall–Kier alpha value is -0.400. The van der Waals surface area contributed by atoms with E-state index in [1.54, 1.807) is 11.8 Å². The van der Waals surface area contributed by atoms with E-state index < -0.39 is 12.0 Å². The number of carboxylic acid groups (broad SMARTS) is 1. The highest BCUT2D eigenvalue weighted by Gasteiger charge is 2.34. The molecule has 1 amide bonds. The lowest BCUT2D eigenvalue weighted by Gasteiger charge is -2.24. The van der Waals surface area contributed by atoms with Crippen molar-refractivity contribution < 1.29 is 14.7 Å². The van der Waals surface area contributed by atoms with Crippen molar-refractivity contribution in [2.75, 3.05) is 30.5 Å². The van der Waals surface area contributed by atoms with Crippen LogP contribution in [0, 0.1) is 0 Å². The molecule has 5 nitrogen and oxygen atoms in total. The number of rotatable bonds is 4. The van der Waals surface area contributed by atoms with Crippen LogP contribution in [0.25, 0.3) is 0 Å². The summed E-state index contributed by atoms with van der Waals surface area (Å²) in [6.07, 6.45) is 2.18. The average Bonchev–Trinajstić information content (AvgIpc) is 2.86. The fourth-order valence-corrected chi connectivity index (χ4v) is 4.41. The Labute approximate surface area is 115 Å². The Morgan fingerprint density at radius 2 is 2.11 bits per heavy atom. The van der Waals surface area contributed by atoms with E-state index in [0.29, 0.717) is 22.6 Å². The Kier molecular flexibility index (Phi) is 5.20. The van der Waals surface area contributed by atoms with Gasteiger partial charge in [0, 0.05) is 11.0 Å². The average molecular weight is 290 g/mol. The summed E-state index contributed by atoms with van der Waals surface area (Å²) in [4.78, 5) is 24.5. The third-order valence-corrected chi connectivity index (χ3v) is 5.59. The zero-order chi connectivity index (χ0) is 13.0. The van der Waals surface area contributed by atoms with Crippen molar-refractivity contribution in [3.63, 3.8) is 0 Å². The van der Waals surface area contributed by atoms with Crippen LogP contribution in [0.1, 0.15) is 12.8 Å². The number of hydrogen-bond donors (Lipinski definition) is 2. The lowest BCUT2D eigenvalue weighted by molar-refractivity contribution is -0.146. The second-order valence-electron chi connectivity index (χ2n) is 4.48. The summed E-state index contributed by atoms with van der Waals surface area (Å²) in [6, 6.07) is -0.629. The first kappa shape index (κ1) is 14.0. The van der Waals surface area contributed by atoms with Gasteiger partial charge in [0.05, 0.1) is 11.6 Å². The molecule has 2 heterocycles. The van der Waals surface area contributed by atoms with Crippen LogP contribution in [0.5, 0.6) is 0 Å². The molecule has 0 aromatic heterocycles. The van der Waals surface area contributed by atoms with E-state index in [2.05, 4.69) is 5.32 Å². The molecule has 2 N–H and O–H groups in total. The first-order chi connectivity index (χ1) is 8.68. The van der Waals surface area contributed by atoms with E-state index in [9.17, 15) is 9.59 Å². The molecule has 0 aromatic carbocycles. The van der Waals surface area contributed by atoms with Crippen LogP contribution in [-0.2, 0) is 9.59 Å². The summed E-state index contributed by atoms with van der Waals surface area (Å²) in [7, 11) is 0. The molecule has 0 spiro atoms. The molecular formula is C11H18N2O3S2. The Balaban J connectivity index is 1.78. The van der Waals surface area contributed by atoms with Crippen LogP contribution in [0.3, 0.4) is 0 Å². The van der Waals surface area contributed by atoms with Crippen LogP contribution in [0.4, 0.5) is 0 Å². The van der Waals surface area contributed by atoms with Crippen molar-refractivity contribution in [2.24, 2.45) is 0 Å². The molecule has 2 aliphatic heterocycles. The van der Waals surface area contributed by atoms with Crippen LogP contribution in [0.15, 0.2) is 0 Å². The minimum absolute atomic E-state index is 0.0315. The van der Waals surface area contributed by atoms with Crippen molar-refractivity contribution in [1.29, 1.82) is 0 Å². The van der Waals surface area contributed by atoms with Crippen LogP contribution in [0.2, 0.25) is 0 Å². The molecule has 102 valence electrons. The molecule has 2 fully saturated rings. The molecule has 0 saturated carbocycles. The predicted octanol–water partition coefficient (Wildman–Crippen LogP) is 0.458. The van der Waals surface area contributed by atoms with Gasteiger partial charge in [-0.15, -0.1) is 23.5 Å². The Bertz CT molecular complexity index is 321. The predicted molar refractivity (Wildman–Crippen MR) is 73.9 cm³/mol. The maximum absolute atomic E-state index is 12.0. The van der Waals surface area contributed by atoms with Gasteiger partial charge in [0.2, 0.25) is 5.91 Å². The molecule has 0 bridgehead atoms. The molecule has 1 atom stereocenters. The number of carbonyl (C=O) groups excluding carboxylic acids is 1. The Morgan fingerprint density at radius 3 is 2.78 bits per heavy atom. The number of nitrogens with zero attached hydrogens (tertiary/aromatic N) is 1. The summed E-state index contributed by atoms with van der Waals surface area (Å²) in [5, 5.41) is 12.9. The number of thioether (sulfide) groups is 2. The highest BCUT2D eigenvalue weighted by atomic mass is 32.2. The van der Waals surface area contributed by atoms with Gasteiger partial charge in [-0.25, -0.2) is 4.79 Å². The van der Waals surface area contributed by atoms with E-state index in [0.717, 1.165) is 25.9 Å². The minimum Gasteiger partial charge on any atom is -0.480 e. The standard InChI is InChI=1S/C11H18N2O3S2/c14-10(6-18-8-1-3-12-4-2-8)13-7-17-5-9(13)11(15)16/h8-9,12H,1-7H2,(H,15,16). The summed E-state index contributed by atoms with van der Waals surface area (Å²) in [6.45, 7) is 2.03. The summed E-state index contributed by atoms with van der Waals surface area (Å²) < 4.78 is 0. The molecule has 7 heteroatoms. The fraction of sp³-hybridized carbons (Fsp3) is 0.818. The summed E-state index contributed by atoms with van der Waals surface area (Å²) >= 11 is 3.19. The molecule has 0 aromatic rings. The lowest BCUT2D eigenvalue weighted by Crippen LogP contribution is -2.43. The van der Waals surface area contributed by atoms with Crippen molar-refractivity contribution in [3.05, 3.63) is 0 Å². The fourth-order valence-electron chi connectivity index (χ4n) is 2.13. The van der Waals surface area contributed by atoms with Crippen molar-refractivity contribution >= 4 is 35.4 Å². The molecule has 0 aliphatic carbocycles. The Morgan fingerprint density at radius 1 is 1.39 bits per heavy atom. The SMILES string of the molecule is O=C(O)C1CSCN1C(=O)CSC1CCNCC1. The number of amides is 1. The molecule has 0 radical (unpaired) electrons. The maximum Gasteiger partial charge on any atom is 0.327 e. The second-order valence-corrected chi connectivity index (χ2v) is 6.77.